The first-order valence-corrected chi connectivity index (χ1v) is 8.30. The molecule has 0 aliphatic carbocycles. The fraction of sp³-hybridized carbons (Fsp3) is 0.556. The minimum absolute atomic E-state index is 0.0534. The monoisotopic (exact) mass is 315 g/mol. The van der Waals surface area contributed by atoms with Gasteiger partial charge in [-0.15, -0.1) is 0 Å². The van der Waals surface area contributed by atoms with Crippen molar-refractivity contribution in [2.45, 2.75) is 58.2 Å². The van der Waals surface area contributed by atoms with Gasteiger partial charge >= 0.3 is 0 Å². The van der Waals surface area contributed by atoms with Crippen LogP contribution in [0.5, 0.6) is 0 Å². The Morgan fingerprint density at radius 3 is 2.74 bits per heavy atom. The minimum atomic E-state index is -0.605. The lowest BCUT2D eigenvalue weighted by Gasteiger charge is -2.20. The molecule has 2 heterocycles. The molecule has 1 amide bonds. The van der Waals surface area contributed by atoms with Crippen LogP contribution < -0.4 is 0 Å². The van der Waals surface area contributed by atoms with E-state index < -0.39 is 6.23 Å². The maximum Gasteiger partial charge on any atom is 0.224 e. The fourth-order valence-corrected chi connectivity index (χ4v) is 3.11. The zero-order chi connectivity index (χ0) is 16.6. The average Bonchev–Trinajstić information content (AvgIpc) is 3.03. The number of benzene rings is 1. The summed E-state index contributed by atoms with van der Waals surface area (Å²) >= 11 is 0. The first kappa shape index (κ1) is 16.0. The lowest BCUT2D eigenvalue weighted by atomic mass is 9.86. The highest BCUT2D eigenvalue weighted by atomic mass is 16.3. The molecule has 1 aliphatic heterocycles. The Labute approximate surface area is 136 Å². The molecule has 1 fully saturated rings. The van der Waals surface area contributed by atoms with Crippen LogP contribution in [-0.2, 0) is 16.8 Å². The Morgan fingerprint density at radius 2 is 2.09 bits per heavy atom. The Kier molecular flexibility index (Phi) is 4.15. The normalized spacial score (nSPS) is 19.0. The number of nitrogens with zero attached hydrogens (tertiary/aromatic N) is 3. The number of amides is 1. The molecule has 2 aromatic rings. The quantitative estimate of drug-likeness (QED) is 0.943. The third-order valence-corrected chi connectivity index (χ3v) is 4.57. The molecular formula is C18H25N3O2. The molecular weight excluding hydrogens is 290 g/mol. The lowest BCUT2D eigenvalue weighted by Crippen LogP contribution is -2.34. The predicted molar refractivity (Wildman–Crippen MR) is 90.0 cm³/mol. The Balaban J connectivity index is 1.68. The smallest absolute Gasteiger partial charge is 0.224 e. The van der Waals surface area contributed by atoms with Gasteiger partial charge in [0.25, 0.3) is 0 Å². The van der Waals surface area contributed by atoms with Crippen molar-refractivity contribution in [3.8, 4) is 0 Å². The molecule has 3 rings (SSSR count). The maximum absolute atomic E-state index is 11.7. The first-order valence-electron chi connectivity index (χ1n) is 8.30. The number of aryl methyl sites for hydroxylation is 1. The van der Waals surface area contributed by atoms with Crippen LogP contribution in [0.15, 0.2) is 24.4 Å². The number of hydrogen-bond donors (Lipinski definition) is 1. The molecule has 0 radical (unpaired) electrons. The van der Waals surface area contributed by atoms with Crippen LogP contribution in [0, 0.1) is 0 Å². The van der Waals surface area contributed by atoms with E-state index in [9.17, 15) is 9.90 Å². The van der Waals surface area contributed by atoms with Crippen molar-refractivity contribution in [1.82, 2.24) is 14.7 Å². The van der Waals surface area contributed by atoms with Crippen molar-refractivity contribution in [3.63, 3.8) is 0 Å². The van der Waals surface area contributed by atoms with E-state index in [0.717, 1.165) is 23.9 Å². The largest absolute Gasteiger partial charge is 0.374 e. The summed E-state index contributed by atoms with van der Waals surface area (Å²) in [6.45, 7) is 7.95. The second kappa shape index (κ2) is 5.96. The summed E-state index contributed by atoms with van der Waals surface area (Å²) in [6, 6.07) is 6.49. The van der Waals surface area contributed by atoms with Crippen LogP contribution in [0.4, 0.5) is 0 Å². The molecule has 1 atom stereocenters. The molecule has 1 N–H and O–H groups in total. The van der Waals surface area contributed by atoms with Crippen LogP contribution >= 0.6 is 0 Å². The Hall–Kier alpha value is -1.88. The minimum Gasteiger partial charge on any atom is -0.374 e. The van der Waals surface area contributed by atoms with Crippen molar-refractivity contribution in [1.29, 1.82) is 0 Å². The fourth-order valence-electron chi connectivity index (χ4n) is 3.11. The molecule has 5 nitrogen and oxygen atoms in total. The van der Waals surface area contributed by atoms with Gasteiger partial charge in [-0.05, 0) is 29.5 Å². The molecule has 0 saturated carbocycles. The van der Waals surface area contributed by atoms with Gasteiger partial charge in [0.05, 0.1) is 11.7 Å². The number of carbonyl (C=O) groups excluding carboxylic acids is 1. The molecule has 1 aromatic carbocycles. The number of aliphatic hydroxyl groups excluding tert-OH is 1. The third kappa shape index (κ3) is 3.24. The molecule has 5 heteroatoms. The van der Waals surface area contributed by atoms with E-state index in [1.54, 1.807) is 4.90 Å². The van der Waals surface area contributed by atoms with Gasteiger partial charge < -0.3 is 10.0 Å². The highest BCUT2D eigenvalue weighted by molar-refractivity contribution is 5.80. The van der Waals surface area contributed by atoms with Crippen LogP contribution in [0.3, 0.4) is 0 Å². The van der Waals surface area contributed by atoms with Gasteiger partial charge in [0.15, 0.2) is 0 Å². The summed E-state index contributed by atoms with van der Waals surface area (Å²) in [5.41, 5.74) is 2.55. The number of aromatic nitrogens is 2. The highest BCUT2D eigenvalue weighted by Gasteiger charge is 2.28. The summed E-state index contributed by atoms with van der Waals surface area (Å²) in [4.78, 5) is 13.2. The molecule has 1 unspecified atom stereocenters. The molecule has 23 heavy (non-hydrogen) atoms. The van der Waals surface area contributed by atoms with Crippen LogP contribution in [0.1, 0.15) is 45.6 Å². The van der Waals surface area contributed by atoms with Crippen LogP contribution in [-0.4, -0.2) is 38.5 Å². The maximum atomic E-state index is 11.7. The summed E-state index contributed by atoms with van der Waals surface area (Å²) in [6.07, 6.45) is 3.10. The number of carbonyl (C=O) groups is 1. The highest BCUT2D eigenvalue weighted by Crippen LogP contribution is 2.26. The van der Waals surface area contributed by atoms with Crippen molar-refractivity contribution in [3.05, 3.63) is 30.0 Å². The second-order valence-corrected chi connectivity index (χ2v) is 7.35. The van der Waals surface area contributed by atoms with E-state index in [0.29, 0.717) is 19.4 Å². The summed E-state index contributed by atoms with van der Waals surface area (Å²) in [5.74, 6) is 0.0534. The Bertz CT molecular complexity index is 715. The molecule has 124 valence electrons. The first-order chi connectivity index (χ1) is 10.9. The summed E-state index contributed by atoms with van der Waals surface area (Å²) in [7, 11) is 0. The molecule has 0 bridgehead atoms. The van der Waals surface area contributed by atoms with Crippen molar-refractivity contribution in [2.75, 3.05) is 6.54 Å². The van der Waals surface area contributed by atoms with Crippen LogP contribution in [0.25, 0.3) is 10.9 Å². The van der Waals surface area contributed by atoms with Gasteiger partial charge in [0.1, 0.15) is 6.23 Å². The lowest BCUT2D eigenvalue weighted by molar-refractivity contribution is -0.133. The summed E-state index contributed by atoms with van der Waals surface area (Å²) < 4.78 is 1.98. The number of rotatable bonds is 4. The van der Waals surface area contributed by atoms with Gasteiger partial charge in [-0.25, -0.2) is 0 Å². The second-order valence-electron chi connectivity index (χ2n) is 7.35. The van der Waals surface area contributed by atoms with Gasteiger partial charge in [-0.2, -0.15) is 5.10 Å². The van der Waals surface area contributed by atoms with Gasteiger partial charge in [0.2, 0.25) is 5.91 Å². The topological polar surface area (TPSA) is 58.4 Å². The van der Waals surface area contributed by atoms with Crippen molar-refractivity contribution < 1.29 is 9.90 Å². The van der Waals surface area contributed by atoms with E-state index in [4.69, 9.17) is 0 Å². The van der Waals surface area contributed by atoms with Gasteiger partial charge in [-0.1, -0.05) is 26.8 Å². The van der Waals surface area contributed by atoms with Crippen molar-refractivity contribution in [2.24, 2.45) is 0 Å². The zero-order valence-electron chi connectivity index (χ0n) is 14.1. The van der Waals surface area contributed by atoms with E-state index >= 15 is 0 Å². The van der Waals surface area contributed by atoms with Crippen molar-refractivity contribution >= 4 is 16.8 Å². The van der Waals surface area contributed by atoms with E-state index in [2.05, 4.69) is 44.1 Å². The Morgan fingerprint density at radius 1 is 1.30 bits per heavy atom. The predicted octanol–water partition coefficient (Wildman–Crippen LogP) is 2.66. The average molecular weight is 315 g/mol. The zero-order valence-corrected chi connectivity index (χ0v) is 14.1. The van der Waals surface area contributed by atoms with E-state index in [1.165, 1.54) is 5.56 Å². The third-order valence-electron chi connectivity index (χ3n) is 4.57. The van der Waals surface area contributed by atoms with Gasteiger partial charge in [-0.3, -0.25) is 9.48 Å². The number of hydrogen-bond acceptors (Lipinski definition) is 3. The SMILES string of the molecule is CC(C)(C)c1ccc2c(cnn2CCCN2C(=O)CCC2O)c1. The van der Waals surface area contributed by atoms with Gasteiger partial charge in [0, 0.05) is 31.3 Å². The number of fused-ring (bicyclic) bond motifs is 1. The van der Waals surface area contributed by atoms with Crippen LogP contribution in [0.2, 0.25) is 0 Å². The number of aliphatic hydroxyl groups is 1. The van der Waals surface area contributed by atoms with E-state index in [-0.39, 0.29) is 11.3 Å². The molecule has 1 aromatic heterocycles. The number of likely N-dealkylation sites (tertiary alicyclic amines) is 1. The summed E-state index contributed by atoms with van der Waals surface area (Å²) in [5, 5.41) is 15.4. The van der Waals surface area contributed by atoms with E-state index in [1.807, 2.05) is 10.9 Å². The molecule has 0 spiro atoms. The molecule has 1 saturated heterocycles. The molecule has 1 aliphatic rings. The standard InChI is InChI=1S/C18H25N3O2/c1-18(2,3)14-5-6-15-13(11-14)12-19-21(15)10-4-9-20-16(22)7-8-17(20)23/h5-6,11-12,16,22H,4,7-10H2,1-3H3.